The summed E-state index contributed by atoms with van der Waals surface area (Å²) < 4.78 is 47.5. The molecule has 160 valence electrons. The average molecular weight is 403 g/mol. The van der Waals surface area contributed by atoms with Crippen LogP contribution in [-0.4, -0.2) is 45.5 Å². The third-order valence-corrected chi connectivity index (χ3v) is 3.90. The minimum atomic E-state index is -4.09. The summed E-state index contributed by atoms with van der Waals surface area (Å²) in [7, 11) is 1.66. The van der Waals surface area contributed by atoms with Crippen LogP contribution >= 0.6 is 0 Å². The zero-order valence-corrected chi connectivity index (χ0v) is 17.0. The van der Waals surface area contributed by atoms with E-state index < -0.39 is 12.6 Å². The number of nitrogens with zero attached hydrogens (tertiary/aromatic N) is 1. The Bertz CT molecular complexity index is 593. The van der Waals surface area contributed by atoms with Gasteiger partial charge in [0.25, 0.3) is 0 Å². The maximum atomic E-state index is 12.2. The number of nitrogens with one attached hydrogen (secondary N) is 2. The number of rotatable bonds is 12. The van der Waals surface area contributed by atoms with Crippen LogP contribution in [0.1, 0.15) is 43.7 Å². The predicted molar refractivity (Wildman–Crippen MR) is 106 cm³/mol. The smallest absolute Gasteiger partial charge is 0.389 e. The van der Waals surface area contributed by atoms with Crippen molar-refractivity contribution in [3.05, 3.63) is 29.3 Å². The first-order valence-electron chi connectivity index (χ1n) is 9.66. The van der Waals surface area contributed by atoms with Gasteiger partial charge in [0.2, 0.25) is 0 Å². The zero-order chi connectivity index (χ0) is 20.8. The van der Waals surface area contributed by atoms with E-state index in [4.69, 9.17) is 9.47 Å². The topological polar surface area (TPSA) is 54.9 Å². The van der Waals surface area contributed by atoms with Gasteiger partial charge in [-0.1, -0.05) is 12.1 Å². The van der Waals surface area contributed by atoms with Crippen molar-refractivity contribution >= 4 is 5.96 Å². The minimum Gasteiger partial charge on any atom is -0.493 e. The summed E-state index contributed by atoms with van der Waals surface area (Å²) in [4.78, 5) is 4.53. The largest absolute Gasteiger partial charge is 0.493 e. The molecule has 0 aliphatic carbocycles. The van der Waals surface area contributed by atoms with Gasteiger partial charge in [-0.25, -0.2) is 4.99 Å². The Balaban J connectivity index is 2.60. The molecule has 0 spiro atoms. The number of hydrogen-bond donors (Lipinski definition) is 2. The second-order valence-electron chi connectivity index (χ2n) is 6.50. The van der Waals surface area contributed by atoms with Crippen LogP contribution < -0.4 is 15.4 Å². The molecule has 1 rings (SSSR count). The number of aliphatic imine (C=N–C) groups is 1. The van der Waals surface area contributed by atoms with Gasteiger partial charge in [-0.15, -0.1) is 0 Å². The third kappa shape index (κ3) is 11.0. The number of ether oxygens (including phenoxy) is 2. The summed E-state index contributed by atoms with van der Waals surface area (Å²) in [5, 5.41) is 6.19. The fourth-order valence-electron chi connectivity index (χ4n) is 2.48. The van der Waals surface area contributed by atoms with Crippen LogP contribution in [0.25, 0.3) is 0 Å². The Morgan fingerprint density at radius 2 is 1.89 bits per heavy atom. The maximum absolute atomic E-state index is 12.2. The van der Waals surface area contributed by atoms with Crippen LogP contribution in [-0.2, 0) is 11.3 Å². The summed E-state index contributed by atoms with van der Waals surface area (Å²) in [6.45, 7) is 6.67. The fourth-order valence-corrected chi connectivity index (χ4v) is 2.48. The molecule has 1 aromatic carbocycles. The van der Waals surface area contributed by atoms with E-state index in [2.05, 4.69) is 15.6 Å². The highest BCUT2D eigenvalue weighted by molar-refractivity contribution is 5.79. The van der Waals surface area contributed by atoms with E-state index in [9.17, 15) is 13.2 Å². The number of benzene rings is 1. The molecule has 8 heteroatoms. The molecule has 0 amide bonds. The van der Waals surface area contributed by atoms with Gasteiger partial charge in [-0.2, -0.15) is 13.2 Å². The first kappa shape index (κ1) is 24.1. The van der Waals surface area contributed by atoms with E-state index in [0.717, 1.165) is 23.3 Å². The highest BCUT2D eigenvalue weighted by atomic mass is 19.4. The molecule has 0 saturated heterocycles. The molecule has 0 saturated carbocycles. The second-order valence-corrected chi connectivity index (χ2v) is 6.50. The van der Waals surface area contributed by atoms with E-state index in [1.54, 1.807) is 7.11 Å². The van der Waals surface area contributed by atoms with Gasteiger partial charge in [0.1, 0.15) is 5.75 Å². The second kappa shape index (κ2) is 13.3. The van der Waals surface area contributed by atoms with Crippen molar-refractivity contribution in [2.24, 2.45) is 4.99 Å². The van der Waals surface area contributed by atoms with E-state index in [0.29, 0.717) is 45.2 Å². The van der Waals surface area contributed by atoms with Crippen LogP contribution in [0.5, 0.6) is 5.75 Å². The summed E-state index contributed by atoms with van der Waals surface area (Å²) in [5.41, 5.74) is 2.06. The predicted octanol–water partition coefficient (Wildman–Crippen LogP) is 4.20. The first-order valence-corrected chi connectivity index (χ1v) is 9.66. The minimum absolute atomic E-state index is 0.104. The van der Waals surface area contributed by atoms with Gasteiger partial charge in [0.05, 0.1) is 13.2 Å². The van der Waals surface area contributed by atoms with E-state index >= 15 is 0 Å². The highest BCUT2D eigenvalue weighted by Crippen LogP contribution is 2.22. The number of hydrogen-bond acceptors (Lipinski definition) is 3. The van der Waals surface area contributed by atoms with Gasteiger partial charge in [-0.3, -0.25) is 0 Å². The molecule has 0 unspecified atom stereocenters. The van der Waals surface area contributed by atoms with Crippen molar-refractivity contribution in [1.82, 2.24) is 10.6 Å². The molecule has 0 aliphatic heterocycles. The summed E-state index contributed by atoms with van der Waals surface area (Å²) in [5.74, 6) is 1.38. The van der Waals surface area contributed by atoms with E-state index in [1.165, 1.54) is 0 Å². The monoisotopic (exact) mass is 403 g/mol. The van der Waals surface area contributed by atoms with Gasteiger partial charge < -0.3 is 20.1 Å². The van der Waals surface area contributed by atoms with Crippen molar-refractivity contribution in [1.29, 1.82) is 0 Å². The molecule has 1 aromatic rings. The molecule has 0 heterocycles. The molecular formula is C20H32F3N3O2. The Labute approximate surface area is 165 Å². The number of guanidine groups is 1. The van der Waals surface area contributed by atoms with Crippen LogP contribution in [0, 0.1) is 6.92 Å². The van der Waals surface area contributed by atoms with E-state index in [-0.39, 0.29) is 6.42 Å². The number of unbranched alkanes of at least 4 members (excludes halogenated alkanes) is 1. The normalized spacial score (nSPS) is 12.1. The van der Waals surface area contributed by atoms with Crippen LogP contribution in [0.3, 0.4) is 0 Å². The molecule has 0 aromatic heterocycles. The Morgan fingerprint density at radius 3 is 2.57 bits per heavy atom. The fraction of sp³-hybridized carbons (Fsp3) is 0.650. The molecule has 2 N–H and O–H groups in total. The van der Waals surface area contributed by atoms with Gasteiger partial charge in [-0.05, 0) is 38.3 Å². The molecule has 0 fully saturated rings. The van der Waals surface area contributed by atoms with Crippen molar-refractivity contribution in [3.8, 4) is 5.75 Å². The maximum Gasteiger partial charge on any atom is 0.389 e. The quantitative estimate of drug-likeness (QED) is 0.312. The Kier molecular flexibility index (Phi) is 11.4. The van der Waals surface area contributed by atoms with Crippen molar-refractivity contribution < 1.29 is 22.6 Å². The van der Waals surface area contributed by atoms with Crippen LogP contribution in [0.2, 0.25) is 0 Å². The molecule has 0 aliphatic rings. The van der Waals surface area contributed by atoms with E-state index in [1.807, 2.05) is 32.0 Å². The number of alkyl halides is 3. The third-order valence-electron chi connectivity index (χ3n) is 3.90. The first-order chi connectivity index (χ1) is 13.4. The molecule has 28 heavy (non-hydrogen) atoms. The van der Waals surface area contributed by atoms with Crippen LogP contribution in [0.4, 0.5) is 13.2 Å². The number of methoxy groups -OCH3 is 1. The highest BCUT2D eigenvalue weighted by Gasteiger charge is 2.25. The molecule has 0 radical (unpaired) electrons. The Hall–Kier alpha value is -1.96. The van der Waals surface area contributed by atoms with Gasteiger partial charge >= 0.3 is 6.18 Å². The lowest BCUT2D eigenvalue weighted by molar-refractivity contribution is -0.135. The summed E-state index contributed by atoms with van der Waals surface area (Å²) in [6.07, 6.45) is -3.51. The van der Waals surface area contributed by atoms with Gasteiger partial charge in [0.15, 0.2) is 5.96 Å². The van der Waals surface area contributed by atoms with Crippen molar-refractivity contribution in [3.63, 3.8) is 0 Å². The Morgan fingerprint density at radius 1 is 1.11 bits per heavy atom. The molecular weight excluding hydrogens is 371 g/mol. The van der Waals surface area contributed by atoms with Gasteiger partial charge in [0, 0.05) is 45.2 Å². The van der Waals surface area contributed by atoms with Crippen molar-refractivity contribution in [2.45, 2.75) is 52.3 Å². The SMILES string of the molecule is CCNC(=NCc1ccc(C)cc1OCCCOC)NCCCCC(F)(F)F. The molecule has 0 atom stereocenters. The number of halogens is 3. The molecule has 5 nitrogen and oxygen atoms in total. The zero-order valence-electron chi connectivity index (χ0n) is 17.0. The lowest BCUT2D eigenvalue weighted by Gasteiger charge is -2.14. The lowest BCUT2D eigenvalue weighted by Crippen LogP contribution is -2.37. The van der Waals surface area contributed by atoms with Crippen molar-refractivity contribution in [2.75, 3.05) is 33.4 Å². The number of aryl methyl sites for hydroxylation is 1. The average Bonchev–Trinajstić information content (AvgIpc) is 2.63. The summed E-state index contributed by atoms with van der Waals surface area (Å²) >= 11 is 0. The summed E-state index contributed by atoms with van der Waals surface area (Å²) in [6, 6.07) is 5.97. The lowest BCUT2D eigenvalue weighted by atomic mass is 10.1. The standard InChI is InChI=1S/C20H32F3N3O2/c1-4-24-19(25-11-6-5-10-20(21,22)23)26-15-17-9-8-16(2)14-18(17)28-13-7-12-27-3/h8-9,14H,4-7,10-13,15H2,1-3H3,(H2,24,25,26). The molecule has 0 bridgehead atoms. The van der Waals surface area contributed by atoms with Crippen LogP contribution in [0.15, 0.2) is 23.2 Å².